The summed E-state index contributed by atoms with van der Waals surface area (Å²) in [5.41, 5.74) is 2.31. The lowest BCUT2D eigenvalue weighted by Crippen LogP contribution is -2.31. The first-order valence-corrected chi connectivity index (χ1v) is 13.2. The zero-order valence-electron chi connectivity index (χ0n) is 22.6. The minimum Gasteiger partial charge on any atom is -0.503 e. The molecule has 1 aromatic heterocycles. The number of nitrogens with zero attached hydrogens (tertiary/aromatic N) is 2. The van der Waals surface area contributed by atoms with Crippen LogP contribution < -0.4 is 19.3 Å². The highest BCUT2D eigenvalue weighted by atomic mass is 35.5. The Morgan fingerprint density at radius 1 is 1.10 bits per heavy atom. The van der Waals surface area contributed by atoms with Crippen molar-refractivity contribution in [3.8, 4) is 11.5 Å². The monoisotopic (exact) mass is 560 g/mol. The molecule has 1 amide bonds. The largest absolute Gasteiger partial charge is 0.503 e. The van der Waals surface area contributed by atoms with Crippen molar-refractivity contribution >= 4 is 45.6 Å². The summed E-state index contributed by atoms with van der Waals surface area (Å²) in [4.78, 5) is 31.0. The molecule has 1 aliphatic rings. The van der Waals surface area contributed by atoms with Crippen molar-refractivity contribution in [1.29, 1.82) is 0 Å². The van der Waals surface area contributed by atoms with Gasteiger partial charge in [0, 0.05) is 48.0 Å². The van der Waals surface area contributed by atoms with Gasteiger partial charge in [-0.2, -0.15) is 0 Å². The number of furan rings is 1. The van der Waals surface area contributed by atoms with Gasteiger partial charge in [0.2, 0.25) is 5.78 Å². The quantitative estimate of drug-likeness (QED) is 0.227. The van der Waals surface area contributed by atoms with E-state index in [1.165, 1.54) is 18.1 Å². The molecule has 1 N–H and O–H groups in total. The molecule has 0 saturated heterocycles. The summed E-state index contributed by atoms with van der Waals surface area (Å²) in [6, 6.07) is 18.3. The van der Waals surface area contributed by atoms with Crippen molar-refractivity contribution in [3.05, 3.63) is 94.4 Å². The van der Waals surface area contributed by atoms with E-state index in [0.717, 1.165) is 12.1 Å². The normalized spacial score (nSPS) is 15.2. The summed E-state index contributed by atoms with van der Waals surface area (Å²) >= 11 is 6.21. The Labute approximate surface area is 237 Å². The summed E-state index contributed by atoms with van der Waals surface area (Å²) in [7, 11) is 5.32. The molecule has 8 nitrogen and oxygen atoms in total. The number of rotatable bonds is 9. The number of ether oxygens (including phenoxy) is 2. The minimum atomic E-state index is -0.920. The summed E-state index contributed by atoms with van der Waals surface area (Å²) in [6.07, 6.45) is 0.822. The van der Waals surface area contributed by atoms with E-state index in [9.17, 15) is 14.7 Å². The topological polar surface area (TPSA) is 92.5 Å². The Hall–Kier alpha value is -4.43. The summed E-state index contributed by atoms with van der Waals surface area (Å²) in [6.45, 7) is 2.52. The van der Waals surface area contributed by atoms with Gasteiger partial charge in [-0.15, -0.1) is 0 Å². The van der Waals surface area contributed by atoms with Crippen molar-refractivity contribution < 1.29 is 28.6 Å². The fraction of sp³-hybridized carbons (Fsp3) is 0.226. The van der Waals surface area contributed by atoms with Crippen LogP contribution in [0, 0.1) is 0 Å². The van der Waals surface area contributed by atoms with E-state index in [0.29, 0.717) is 45.3 Å². The van der Waals surface area contributed by atoms with E-state index in [-0.39, 0.29) is 11.3 Å². The van der Waals surface area contributed by atoms with Gasteiger partial charge in [-0.25, -0.2) is 0 Å². The predicted octanol–water partition coefficient (Wildman–Crippen LogP) is 6.73. The molecule has 0 fully saturated rings. The van der Waals surface area contributed by atoms with E-state index in [4.69, 9.17) is 25.5 Å². The third-order valence-electron chi connectivity index (χ3n) is 6.74. The van der Waals surface area contributed by atoms with E-state index >= 15 is 0 Å². The number of Topliss-reactive ketones (excluding diaryl/α,β-unsaturated/α-hetero) is 1. The van der Waals surface area contributed by atoms with Gasteiger partial charge in [-0.1, -0.05) is 36.7 Å². The molecular formula is C31H29ClN2O6. The Bertz CT molecular complexity index is 1620. The van der Waals surface area contributed by atoms with Gasteiger partial charge in [0.15, 0.2) is 22.9 Å². The van der Waals surface area contributed by atoms with E-state index in [2.05, 4.69) is 0 Å². The molecule has 0 radical (unpaired) electrons. The Kier molecular flexibility index (Phi) is 7.45. The number of ketones is 1. The van der Waals surface area contributed by atoms with Crippen LogP contribution >= 0.6 is 11.6 Å². The van der Waals surface area contributed by atoms with Crippen LogP contribution in [0.2, 0.25) is 5.02 Å². The Morgan fingerprint density at radius 3 is 2.52 bits per heavy atom. The molecule has 5 rings (SSSR count). The lowest BCUT2D eigenvalue weighted by Gasteiger charge is -2.27. The van der Waals surface area contributed by atoms with Gasteiger partial charge in [0.1, 0.15) is 5.75 Å². The molecular weight excluding hydrogens is 532 g/mol. The van der Waals surface area contributed by atoms with Crippen molar-refractivity contribution in [1.82, 2.24) is 0 Å². The maximum atomic E-state index is 14.0. The highest BCUT2D eigenvalue weighted by molar-refractivity contribution is 6.31. The maximum absolute atomic E-state index is 14.0. The van der Waals surface area contributed by atoms with Crippen LogP contribution in [0.4, 0.5) is 11.4 Å². The maximum Gasteiger partial charge on any atom is 0.294 e. The molecule has 1 unspecified atom stereocenters. The second kappa shape index (κ2) is 11.0. The number of halogens is 1. The van der Waals surface area contributed by atoms with Crippen molar-refractivity contribution in [3.63, 3.8) is 0 Å². The lowest BCUT2D eigenvalue weighted by atomic mass is 9.94. The van der Waals surface area contributed by atoms with Gasteiger partial charge in [0.05, 0.1) is 25.3 Å². The standard InChI is InChI=1S/C31H29ClN2O6/c1-5-13-39-23-8-6-7-22(17-23)34-27(18-9-11-21(12-10-18)33(2)3)26(29(36)31(34)37)28(35)24-15-19-14-20(32)16-25(38-4)30(19)40-24/h6-12,14-17,27,36H,5,13H2,1-4H3. The fourth-order valence-corrected chi connectivity index (χ4v) is 5.02. The number of benzene rings is 3. The minimum absolute atomic E-state index is 0.0540. The summed E-state index contributed by atoms with van der Waals surface area (Å²) < 4.78 is 17.1. The van der Waals surface area contributed by atoms with E-state index in [1.54, 1.807) is 36.4 Å². The molecule has 0 aliphatic carbocycles. The number of carbonyl (C=O) groups excluding carboxylic acids is 2. The summed E-state index contributed by atoms with van der Waals surface area (Å²) in [5.74, 6) is -1.08. The predicted molar refractivity (Wildman–Crippen MR) is 155 cm³/mol. The molecule has 0 saturated carbocycles. The molecule has 9 heteroatoms. The Balaban J connectivity index is 1.63. The number of hydrogen-bond donors (Lipinski definition) is 1. The number of hydrogen-bond acceptors (Lipinski definition) is 7. The molecule has 206 valence electrons. The summed E-state index contributed by atoms with van der Waals surface area (Å²) in [5, 5.41) is 12.1. The van der Waals surface area contributed by atoms with E-state index < -0.39 is 23.5 Å². The first-order valence-electron chi connectivity index (χ1n) is 12.8. The number of aliphatic hydroxyl groups excluding tert-OH is 1. The molecule has 3 aromatic carbocycles. The first-order chi connectivity index (χ1) is 19.2. The van der Waals surface area contributed by atoms with Crippen LogP contribution in [0.15, 0.2) is 82.5 Å². The number of aliphatic hydroxyl groups is 1. The smallest absolute Gasteiger partial charge is 0.294 e. The second-order valence-electron chi connectivity index (χ2n) is 9.64. The van der Waals surface area contributed by atoms with Gasteiger partial charge in [-0.3, -0.25) is 14.5 Å². The molecule has 40 heavy (non-hydrogen) atoms. The average Bonchev–Trinajstić information content (AvgIpc) is 3.49. The first kappa shape index (κ1) is 27.1. The highest BCUT2D eigenvalue weighted by Gasteiger charge is 2.45. The van der Waals surface area contributed by atoms with Crippen LogP contribution in [-0.4, -0.2) is 44.6 Å². The average molecular weight is 561 g/mol. The van der Waals surface area contributed by atoms with Crippen LogP contribution in [0.5, 0.6) is 11.5 Å². The third-order valence-corrected chi connectivity index (χ3v) is 6.96. The van der Waals surface area contributed by atoms with Gasteiger partial charge in [0.25, 0.3) is 5.91 Å². The zero-order chi connectivity index (χ0) is 28.6. The van der Waals surface area contributed by atoms with Crippen molar-refractivity contribution in [2.75, 3.05) is 37.6 Å². The molecule has 0 spiro atoms. The number of amides is 1. The van der Waals surface area contributed by atoms with Gasteiger partial charge < -0.3 is 23.9 Å². The molecule has 0 bridgehead atoms. The number of methoxy groups -OCH3 is 1. The van der Waals surface area contributed by atoms with Crippen LogP contribution in [0.3, 0.4) is 0 Å². The number of fused-ring (bicyclic) bond motifs is 1. The molecule has 1 atom stereocenters. The second-order valence-corrected chi connectivity index (χ2v) is 10.1. The van der Waals surface area contributed by atoms with E-state index in [1.807, 2.05) is 50.2 Å². The van der Waals surface area contributed by atoms with Crippen LogP contribution in [0.1, 0.15) is 35.5 Å². The number of carbonyl (C=O) groups is 2. The van der Waals surface area contributed by atoms with Crippen LogP contribution in [-0.2, 0) is 4.79 Å². The fourth-order valence-electron chi connectivity index (χ4n) is 4.80. The van der Waals surface area contributed by atoms with Crippen LogP contribution in [0.25, 0.3) is 11.0 Å². The SMILES string of the molecule is CCCOc1cccc(N2C(=O)C(O)=C(C(=O)c3cc4cc(Cl)cc(OC)c4o3)C2c2ccc(N(C)C)cc2)c1. The molecule has 1 aliphatic heterocycles. The zero-order valence-corrected chi connectivity index (χ0v) is 23.4. The van der Waals surface area contributed by atoms with Crippen molar-refractivity contribution in [2.24, 2.45) is 0 Å². The third kappa shape index (κ3) is 4.86. The van der Waals surface area contributed by atoms with Crippen molar-refractivity contribution in [2.45, 2.75) is 19.4 Å². The highest BCUT2D eigenvalue weighted by Crippen LogP contribution is 2.44. The van der Waals surface area contributed by atoms with Gasteiger partial charge >= 0.3 is 0 Å². The molecule has 2 heterocycles. The Morgan fingerprint density at radius 2 is 1.85 bits per heavy atom. The lowest BCUT2D eigenvalue weighted by molar-refractivity contribution is -0.117. The number of anilines is 2. The van der Waals surface area contributed by atoms with Gasteiger partial charge in [-0.05, 0) is 48.4 Å². The molecule has 4 aromatic rings.